The monoisotopic (exact) mass is 427 g/mol. The fraction of sp³-hybridized carbons (Fsp3) is 0.348. The van der Waals surface area contributed by atoms with Crippen LogP contribution in [0.3, 0.4) is 0 Å². The molecule has 1 aliphatic heterocycles. The van der Waals surface area contributed by atoms with E-state index >= 15 is 0 Å². The lowest BCUT2D eigenvalue weighted by atomic mass is 10.0. The maximum atomic E-state index is 12.9. The van der Waals surface area contributed by atoms with Gasteiger partial charge in [0.1, 0.15) is 6.04 Å². The first-order valence-electron chi connectivity index (χ1n) is 10.1. The van der Waals surface area contributed by atoms with Gasteiger partial charge in [0.25, 0.3) is 5.91 Å². The molecule has 3 amide bonds. The number of hydrogen-bond donors (Lipinski definition) is 2. The Morgan fingerprint density at radius 1 is 1.07 bits per heavy atom. The van der Waals surface area contributed by atoms with Gasteiger partial charge in [0.05, 0.1) is 0 Å². The third-order valence-electron chi connectivity index (χ3n) is 5.09. The van der Waals surface area contributed by atoms with Crippen molar-refractivity contribution in [2.75, 3.05) is 16.8 Å². The first-order valence-corrected chi connectivity index (χ1v) is 10.5. The Morgan fingerprint density at radius 3 is 2.47 bits per heavy atom. The van der Waals surface area contributed by atoms with Crippen molar-refractivity contribution < 1.29 is 14.4 Å². The summed E-state index contributed by atoms with van der Waals surface area (Å²) in [5, 5.41) is 6.21. The van der Waals surface area contributed by atoms with Gasteiger partial charge in [0, 0.05) is 34.9 Å². The van der Waals surface area contributed by atoms with Gasteiger partial charge in [-0.15, -0.1) is 0 Å². The molecule has 1 unspecified atom stereocenters. The van der Waals surface area contributed by atoms with E-state index in [-0.39, 0.29) is 23.6 Å². The van der Waals surface area contributed by atoms with Crippen molar-refractivity contribution in [3.63, 3.8) is 0 Å². The molecule has 2 aromatic carbocycles. The number of carbonyl (C=O) groups excluding carboxylic acids is 3. The number of nitrogens with zero attached hydrogens (tertiary/aromatic N) is 1. The zero-order chi connectivity index (χ0) is 21.7. The maximum absolute atomic E-state index is 12.9. The number of carbonyl (C=O) groups is 3. The van der Waals surface area contributed by atoms with E-state index < -0.39 is 6.04 Å². The molecule has 7 heteroatoms. The number of rotatable bonds is 6. The van der Waals surface area contributed by atoms with E-state index in [1.165, 1.54) is 0 Å². The molecule has 2 N–H and O–H groups in total. The molecule has 0 saturated carbocycles. The van der Waals surface area contributed by atoms with Crippen molar-refractivity contribution in [3.8, 4) is 0 Å². The predicted octanol–water partition coefficient (Wildman–Crippen LogP) is 4.25. The molecular formula is C23H26ClN3O3. The number of benzene rings is 2. The molecule has 0 aromatic heterocycles. The summed E-state index contributed by atoms with van der Waals surface area (Å²) in [6.45, 7) is 4.42. The Balaban J connectivity index is 1.70. The zero-order valence-electron chi connectivity index (χ0n) is 17.2. The normalized spacial score (nSPS) is 15.1. The number of hydrogen-bond acceptors (Lipinski definition) is 3. The highest BCUT2D eigenvalue weighted by Crippen LogP contribution is 2.24. The van der Waals surface area contributed by atoms with Crippen LogP contribution in [0.15, 0.2) is 48.5 Å². The average molecular weight is 428 g/mol. The summed E-state index contributed by atoms with van der Waals surface area (Å²) in [5.41, 5.74) is 1.79. The second kappa shape index (κ2) is 9.76. The van der Waals surface area contributed by atoms with Crippen molar-refractivity contribution in [2.24, 2.45) is 5.92 Å². The highest BCUT2D eigenvalue weighted by Gasteiger charge is 2.25. The summed E-state index contributed by atoms with van der Waals surface area (Å²) >= 11 is 5.87. The van der Waals surface area contributed by atoms with Crippen molar-refractivity contribution in [3.05, 3.63) is 59.1 Å². The Labute approximate surface area is 181 Å². The smallest absolute Gasteiger partial charge is 0.251 e. The maximum Gasteiger partial charge on any atom is 0.251 e. The van der Waals surface area contributed by atoms with Crippen molar-refractivity contribution in [1.82, 2.24) is 5.32 Å². The molecule has 0 spiro atoms. The largest absolute Gasteiger partial charge is 0.340 e. The van der Waals surface area contributed by atoms with Crippen LogP contribution < -0.4 is 15.5 Å². The minimum atomic E-state index is -0.714. The number of piperidine rings is 1. The molecular weight excluding hydrogens is 402 g/mol. The van der Waals surface area contributed by atoms with E-state index in [1.807, 2.05) is 26.0 Å². The average Bonchev–Trinajstić information content (AvgIpc) is 2.72. The van der Waals surface area contributed by atoms with Crippen LogP contribution in [0.2, 0.25) is 5.02 Å². The molecule has 0 radical (unpaired) electrons. The fourth-order valence-corrected chi connectivity index (χ4v) is 3.54. The second-order valence-corrected chi connectivity index (χ2v) is 8.18. The summed E-state index contributed by atoms with van der Waals surface area (Å²) in [7, 11) is 0. The lowest BCUT2D eigenvalue weighted by Crippen LogP contribution is -2.47. The zero-order valence-corrected chi connectivity index (χ0v) is 17.9. The molecule has 1 atom stereocenters. The molecule has 2 aromatic rings. The van der Waals surface area contributed by atoms with Gasteiger partial charge in [-0.1, -0.05) is 31.5 Å². The van der Waals surface area contributed by atoms with E-state index in [9.17, 15) is 14.4 Å². The molecule has 1 fully saturated rings. The van der Waals surface area contributed by atoms with E-state index in [0.29, 0.717) is 29.2 Å². The van der Waals surface area contributed by atoms with E-state index in [4.69, 9.17) is 11.6 Å². The van der Waals surface area contributed by atoms with Gasteiger partial charge in [0.15, 0.2) is 0 Å². The third kappa shape index (κ3) is 5.39. The molecule has 1 aliphatic rings. The standard InChI is InChI=1S/C23H26ClN3O3/c1-15(2)21(26-22(29)16-9-11-17(24)12-10-16)23(30)25-18-6-5-7-19(14-18)27-13-4-3-8-20(27)28/h5-7,9-12,14-15,21H,3-4,8,13H2,1-2H3,(H,25,30)(H,26,29). The van der Waals surface area contributed by atoms with Crippen molar-refractivity contribution in [1.29, 1.82) is 0 Å². The summed E-state index contributed by atoms with van der Waals surface area (Å²) in [6.07, 6.45) is 2.42. The van der Waals surface area contributed by atoms with E-state index in [1.54, 1.807) is 41.3 Å². The predicted molar refractivity (Wildman–Crippen MR) is 119 cm³/mol. The van der Waals surface area contributed by atoms with Crippen LogP contribution in [-0.4, -0.2) is 30.3 Å². The van der Waals surface area contributed by atoms with Crippen LogP contribution in [0.1, 0.15) is 43.5 Å². The molecule has 0 bridgehead atoms. The Kier molecular flexibility index (Phi) is 7.11. The molecule has 158 valence electrons. The van der Waals surface area contributed by atoms with Gasteiger partial charge in [-0.05, 0) is 61.2 Å². The van der Waals surface area contributed by atoms with E-state index in [2.05, 4.69) is 10.6 Å². The molecule has 3 rings (SSSR count). The van der Waals surface area contributed by atoms with Gasteiger partial charge in [-0.2, -0.15) is 0 Å². The lowest BCUT2D eigenvalue weighted by Gasteiger charge is -2.27. The van der Waals surface area contributed by atoms with Gasteiger partial charge < -0.3 is 15.5 Å². The molecule has 0 aliphatic carbocycles. The van der Waals surface area contributed by atoms with Gasteiger partial charge >= 0.3 is 0 Å². The van der Waals surface area contributed by atoms with Gasteiger partial charge in [-0.3, -0.25) is 14.4 Å². The van der Waals surface area contributed by atoms with Crippen LogP contribution >= 0.6 is 11.6 Å². The Morgan fingerprint density at radius 2 is 1.80 bits per heavy atom. The van der Waals surface area contributed by atoms with Crippen molar-refractivity contribution in [2.45, 2.75) is 39.2 Å². The van der Waals surface area contributed by atoms with Crippen LogP contribution in [-0.2, 0) is 9.59 Å². The minimum Gasteiger partial charge on any atom is -0.340 e. The lowest BCUT2D eigenvalue weighted by molar-refractivity contribution is -0.120. The summed E-state index contributed by atoms with van der Waals surface area (Å²) in [4.78, 5) is 39.4. The summed E-state index contributed by atoms with van der Waals surface area (Å²) in [6, 6.07) is 13.0. The SMILES string of the molecule is CC(C)C(NC(=O)c1ccc(Cl)cc1)C(=O)Nc1cccc(N2CCCCC2=O)c1. The fourth-order valence-electron chi connectivity index (χ4n) is 3.41. The van der Waals surface area contributed by atoms with Gasteiger partial charge in [0.2, 0.25) is 11.8 Å². The highest BCUT2D eigenvalue weighted by atomic mass is 35.5. The molecule has 6 nitrogen and oxygen atoms in total. The van der Waals surface area contributed by atoms with Crippen LogP contribution in [0.25, 0.3) is 0 Å². The topological polar surface area (TPSA) is 78.5 Å². The van der Waals surface area contributed by atoms with Gasteiger partial charge in [-0.25, -0.2) is 0 Å². The molecule has 1 heterocycles. The quantitative estimate of drug-likeness (QED) is 0.723. The van der Waals surface area contributed by atoms with Crippen LogP contribution in [0.5, 0.6) is 0 Å². The number of anilines is 2. The van der Waals surface area contributed by atoms with E-state index in [0.717, 1.165) is 18.5 Å². The number of amides is 3. The molecule has 1 saturated heterocycles. The Hall–Kier alpha value is -2.86. The molecule has 30 heavy (non-hydrogen) atoms. The van der Waals surface area contributed by atoms with Crippen molar-refractivity contribution >= 4 is 40.7 Å². The second-order valence-electron chi connectivity index (χ2n) is 7.74. The Bertz CT molecular complexity index is 928. The van der Waals surface area contributed by atoms with Crippen LogP contribution in [0.4, 0.5) is 11.4 Å². The number of halogens is 1. The number of nitrogens with one attached hydrogen (secondary N) is 2. The summed E-state index contributed by atoms with van der Waals surface area (Å²) in [5.74, 6) is -0.671. The highest BCUT2D eigenvalue weighted by molar-refractivity contribution is 6.30. The van der Waals surface area contributed by atoms with Crippen LogP contribution in [0, 0.1) is 5.92 Å². The minimum absolute atomic E-state index is 0.0972. The first-order chi connectivity index (χ1) is 14.3. The summed E-state index contributed by atoms with van der Waals surface area (Å²) < 4.78 is 0. The first kappa shape index (κ1) is 21.8. The third-order valence-corrected chi connectivity index (χ3v) is 5.34.